The van der Waals surface area contributed by atoms with Gasteiger partial charge in [0.25, 0.3) is 0 Å². The van der Waals surface area contributed by atoms with Crippen LogP contribution in [0, 0.1) is 0 Å². The van der Waals surface area contributed by atoms with Crippen molar-refractivity contribution in [2.45, 2.75) is 25.9 Å². The van der Waals surface area contributed by atoms with E-state index in [2.05, 4.69) is 24.9 Å². The van der Waals surface area contributed by atoms with Gasteiger partial charge in [-0.05, 0) is 26.0 Å². The van der Waals surface area contributed by atoms with E-state index in [1.807, 2.05) is 12.1 Å². The molecule has 0 amide bonds. The topological polar surface area (TPSA) is 57.4 Å². The molecule has 19 heavy (non-hydrogen) atoms. The smallest absolute Gasteiger partial charge is 0.169 e. The predicted molar refractivity (Wildman–Crippen MR) is 73.6 cm³/mol. The summed E-state index contributed by atoms with van der Waals surface area (Å²) in [5.41, 5.74) is 6.64. The minimum atomic E-state index is -0.181. The summed E-state index contributed by atoms with van der Waals surface area (Å²) >= 11 is 0. The van der Waals surface area contributed by atoms with Gasteiger partial charge in [-0.2, -0.15) is 0 Å². The minimum Gasteiger partial charge on any atom is -0.483 e. The van der Waals surface area contributed by atoms with E-state index in [0.29, 0.717) is 17.3 Å². The summed E-state index contributed by atoms with van der Waals surface area (Å²) in [6.07, 6.45) is 2.51. The fourth-order valence-corrected chi connectivity index (χ4v) is 2.29. The highest BCUT2D eigenvalue weighted by atomic mass is 16.5. The molecule has 98 valence electrons. The maximum atomic E-state index is 5.96. The lowest BCUT2D eigenvalue weighted by Gasteiger charge is -2.18. The largest absolute Gasteiger partial charge is 0.483 e. The molecular weight excluding hydrogens is 240 g/mol. The quantitative estimate of drug-likeness (QED) is 0.896. The van der Waals surface area contributed by atoms with Gasteiger partial charge in [-0.3, -0.25) is 0 Å². The van der Waals surface area contributed by atoms with E-state index < -0.39 is 0 Å². The summed E-state index contributed by atoms with van der Waals surface area (Å²) in [6, 6.07) is 9.41. The standard InChI is InChI=1S/C15H16N2O2/c1-15(2)9-10-4-3-5-12(14(10)19-15)18-11-6-7-17-13(16)8-11/h3-8H,9H2,1-2H3,(H2,16,17). The molecular formula is C15H16N2O2. The molecule has 0 unspecified atom stereocenters. The Balaban J connectivity index is 1.94. The molecule has 2 heterocycles. The Bertz CT molecular complexity index is 623. The van der Waals surface area contributed by atoms with Gasteiger partial charge in [0.15, 0.2) is 11.5 Å². The van der Waals surface area contributed by atoms with Crippen LogP contribution in [-0.4, -0.2) is 10.6 Å². The van der Waals surface area contributed by atoms with Crippen LogP contribution < -0.4 is 15.2 Å². The second-order valence-electron chi connectivity index (χ2n) is 5.30. The van der Waals surface area contributed by atoms with Gasteiger partial charge in [0.1, 0.15) is 17.2 Å². The normalized spacial score (nSPS) is 15.7. The molecule has 4 nitrogen and oxygen atoms in total. The highest BCUT2D eigenvalue weighted by Crippen LogP contribution is 2.43. The van der Waals surface area contributed by atoms with Gasteiger partial charge < -0.3 is 15.2 Å². The summed E-state index contributed by atoms with van der Waals surface area (Å²) < 4.78 is 11.8. The number of ether oxygens (including phenoxy) is 2. The summed E-state index contributed by atoms with van der Waals surface area (Å²) in [7, 11) is 0. The number of aromatic nitrogens is 1. The third-order valence-corrected chi connectivity index (χ3v) is 3.04. The van der Waals surface area contributed by atoms with Gasteiger partial charge in [0.05, 0.1) is 0 Å². The second-order valence-corrected chi connectivity index (χ2v) is 5.30. The van der Waals surface area contributed by atoms with E-state index in [9.17, 15) is 0 Å². The lowest BCUT2D eigenvalue weighted by molar-refractivity contribution is 0.135. The zero-order valence-electron chi connectivity index (χ0n) is 11.0. The minimum absolute atomic E-state index is 0.181. The van der Waals surface area contributed by atoms with Crippen LogP contribution in [0.3, 0.4) is 0 Å². The number of hydrogen-bond acceptors (Lipinski definition) is 4. The van der Waals surface area contributed by atoms with Crippen molar-refractivity contribution >= 4 is 5.82 Å². The van der Waals surface area contributed by atoms with Crippen molar-refractivity contribution in [2.75, 3.05) is 5.73 Å². The van der Waals surface area contributed by atoms with E-state index in [4.69, 9.17) is 15.2 Å². The summed E-state index contributed by atoms with van der Waals surface area (Å²) in [5.74, 6) is 2.64. The maximum Gasteiger partial charge on any atom is 0.169 e. The predicted octanol–water partition coefficient (Wildman–Crippen LogP) is 3.17. The number of anilines is 1. The van der Waals surface area contributed by atoms with Crippen LogP contribution in [0.5, 0.6) is 17.2 Å². The number of benzene rings is 1. The maximum absolute atomic E-state index is 5.96. The molecule has 0 atom stereocenters. The van der Waals surface area contributed by atoms with Crippen molar-refractivity contribution < 1.29 is 9.47 Å². The van der Waals surface area contributed by atoms with Crippen LogP contribution in [0.4, 0.5) is 5.82 Å². The SMILES string of the molecule is CC1(C)Cc2cccc(Oc3ccnc(N)c3)c2O1. The molecule has 1 aliphatic heterocycles. The van der Waals surface area contributed by atoms with Crippen molar-refractivity contribution in [1.29, 1.82) is 0 Å². The molecule has 3 rings (SSSR count). The molecule has 0 bridgehead atoms. The van der Waals surface area contributed by atoms with Gasteiger partial charge >= 0.3 is 0 Å². The van der Waals surface area contributed by atoms with Crippen molar-refractivity contribution in [3.05, 3.63) is 42.1 Å². The molecule has 2 N–H and O–H groups in total. The molecule has 2 aromatic rings. The molecule has 1 aromatic heterocycles. The highest BCUT2D eigenvalue weighted by Gasteiger charge is 2.32. The van der Waals surface area contributed by atoms with Crippen molar-refractivity contribution in [2.24, 2.45) is 0 Å². The molecule has 1 aromatic carbocycles. The second kappa shape index (κ2) is 4.16. The van der Waals surface area contributed by atoms with Gasteiger partial charge in [0.2, 0.25) is 0 Å². The third-order valence-electron chi connectivity index (χ3n) is 3.04. The molecule has 0 spiro atoms. The fourth-order valence-electron chi connectivity index (χ4n) is 2.29. The zero-order valence-corrected chi connectivity index (χ0v) is 11.0. The van der Waals surface area contributed by atoms with E-state index >= 15 is 0 Å². The van der Waals surface area contributed by atoms with E-state index in [0.717, 1.165) is 12.2 Å². The average Bonchev–Trinajstić information content (AvgIpc) is 2.64. The van der Waals surface area contributed by atoms with E-state index in [1.54, 1.807) is 18.3 Å². The zero-order chi connectivity index (χ0) is 13.5. The first-order chi connectivity index (χ1) is 9.03. The highest BCUT2D eigenvalue weighted by molar-refractivity contribution is 5.52. The Kier molecular flexibility index (Phi) is 2.59. The Morgan fingerprint density at radius 2 is 2.16 bits per heavy atom. The van der Waals surface area contributed by atoms with E-state index in [-0.39, 0.29) is 5.60 Å². The van der Waals surface area contributed by atoms with E-state index in [1.165, 1.54) is 5.56 Å². The Morgan fingerprint density at radius 3 is 2.95 bits per heavy atom. The Morgan fingerprint density at radius 1 is 1.32 bits per heavy atom. The summed E-state index contributed by atoms with van der Waals surface area (Å²) in [6.45, 7) is 4.14. The van der Waals surface area contributed by atoms with Crippen LogP contribution in [-0.2, 0) is 6.42 Å². The Hall–Kier alpha value is -2.23. The van der Waals surface area contributed by atoms with Crippen LogP contribution in [0.15, 0.2) is 36.5 Å². The molecule has 0 saturated carbocycles. The van der Waals surface area contributed by atoms with Gasteiger partial charge in [0, 0.05) is 24.2 Å². The van der Waals surface area contributed by atoms with Gasteiger partial charge in [-0.15, -0.1) is 0 Å². The number of nitrogen functional groups attached to an aromatic ring is 1. The first-order valence-electron chi connectivity index (χ1n) is 6.24. The monoisotopic (exact) mass is 256 g/mol. The number of para-hydroxylation sites is 1. The molecule has 0 radical (unpaired) electrons. The van der Waals surface area contributed by atoms with Crippen LogP contribution in [0.25, 0.3) is 0 Å². The number of fused-ring (bicyclic) bond motifs is 1. The van der Waals surface area contributed by atoms with Crippen molar-refractivity contribution in [3.63, 3.8) is 0 Å². The van der Waals surface area contributed by atoms with Crippen molar-refractivity contribution in [1.82, 2.24) is 4.98 Å². The summed E-state index contributed by atoms with van der Waals surface area (Å²) in [5, 5.41) is 0. The van der Waals surface area contributed by atoms with Gasteiger partial charge in [-0.1, -0.05) is 12.1 Å². The molecule has 0 fully saturated rings. The van der Waals surface area contributed by atoms with Crippen LogP contribution in [0.1, 0.15) is 19.4 Å². The molecule has 0 saturated heterocycles. The van der Waals surface area contributed by atoms with Gasteiger partial charge in [-0.25, -0.2) is 4.98 Å². The third kappa shape index (κ3) is 2.34. The molecule has 0 aliphatic carbocycles. The number of rotatable bonds is 2. The lowest BCUT2D eigenvalue weighted by atomic mass is 10.0. The van der Waals surface area contributed by atoms with Crippen LogP contribution >= 0.6 is 0 Å². The number of hydrogen-bond donors (Lipinski definition) is 1. The first-order valence-corrected chi connectivity index (χ1v) is 6.24. The lowest BCUT2D eigenvalue weighted by Crippen LogP contribution is -2.24. The van der Waals surface area contributed by atoms with Crippen molar-refractivity contribution in [3.8, 4) is 17.2 Å². The Labute approximate surface area is 112 Å². The summed E-state index contributed by atoms with van der Waals surface area (Å²) in [4.78, 5) is 3.94. The first kappa shape index (κ1) is 11.8. The molecule has 1 aliphatic rings. The molecule has 4 heteroatoms. The van der Waals surface area contributed by atoms with Crippen LogP contribution in [0.2, 0.25) is 0 Å². The fraction of sp³-hybridized carbons (Fsp3) is 0.267. The number of pyridine rings is 1. The number of nitrogens with zero attached hydrogens (tertiary/aromatic N) is 1. The average molecular weight is 256 g/mol. The number of nitrogens with two attached hydrogens (primary N) is 1.